The third-order valence-corrected chi connectivity index (χ3v) is 3.88. The van der Waals surface area contributed by atoms with E-state index in [0.29, 0.717) is 15.7 Å². The number of amides is 1. The number of carbonyl (C=O) groups excluding carboxylic acids is 1. The lowest BCUT2D eigenvalue weighted by molar-refractivity contribution is 0.102. The molecule has 2 heterocycles. The maximum absolute atomic E-state index is 12.1. The zero-order valence-electron chi connectivity index (χ0n) is 11.6. The number of anilines is 1. The predicted molar refractivity (Wildman–Crippen MR) is 81.7 cm³/mol. The molecule has 0 saturated heterocycles. The molecular weight excluding hydrogens is 286 g/mol. The van der Waals surface area contributed by atoms with Crippen LogP contribution in [0.1, 0.15) is 35.9 Å². The molecule has 1 amide bonds. The van der Waals surface area contributed by atoms with Crippen molar-refractivity contribution in [1.82, 2.24) is 19.8 Å². The summed E-state index contributed by atoms with van der Waals surface area (Å²) in [5.74, 6) is 0.666. The van der Waals surface area contributed by atoms with Crippen LogP contribution in [-0.2, 0) is 6.42 Å². The van der Waals surface area contributed by atoms with Gasteiger partial charge in [-0.2, -0.15) is 4.52 Å². The topological polar surface area (TPSA) is 72.2 Å². The Kier molecular flexibility index (Phi) is 3.92. The van der Waals surface area contributed by atoms with Crippen molar-refractivity contribution in [2.24, 2.45) is 0 Å². The number of unbranched alkanes of at least 4 members (excludes halogenated alkanes) is 1. The zero-order chi connectivity index (χ0) is 14.7. The van der Waals surface area contributed by atoms with Crippen molar-refractivity contribution in [1.29, 1.82) is 0 Å². The Hall–Kier alpha value is -2.28. The van der Waals surface area contributed by atoms with Gasteiger partial charge < -0.3 is 0 Å². The van der Waals surface area contributed by atoms with Crippen LogP contribution >= 0.6 is 11.3 Å². The summed E-state index contributed by atoms with van der Waals surface area (Å²) in [7, 11) is 0. The van der Waals surface area contributed by atoms with Gasteiger partial charge in [0.2, 0.25) is 10.1 Å². The molecule has 0 bridgehead atoms. The highest BCUT2D eigenvalue weighted by atomic mass is 32.1. The Morgan fingerprint density at radius 1 is 1.29 bits per heavy atom. The first-order chi connectivity index (χ1) is 10.3. The predicted octanol–water partition coefficient (Wildman–Crippen LogP) is 2.78. The molecule has 3 aromatic rings. The Bertz CT molecular complexity index is 749. The van der Waals surface area contributed by atoms with E-state index >= 15 is 0 Å². The maximum Gasteiger partial charge on any atom is 0.257 e. The lowest BCUT2D eigenvalue weighted by Gasteiger charge is -2.00. The summed E-state index contributed by atoms with van der Waals surface area (Å²) in [6.45, 7) is 2.13. The summed E-state index contributed by atoms with van der Waals surface area (Å²) >= 11 is 1.32. The molecule has 6 nitrogen and oxygen atoms in total. The van der Waals surface area contributed by atoms with Crippen molar-refractivity contribution in [3.63, 3.8) is 0 Å². The van der Waals surface area contributed by atoms with E-state index in [9.17, 15) is 4.79 Å². The Morgan fingerprint density at radius 2 is 2.10 bits per heavy atom. The van der Waals surface area contributed by atoms with Gasteiger partial charge in [-0.15, -0.1) is 15.3 Å². The third-order valence-electron chi connectivity index (χ3n) is 3.07. The Morgan fingerprint density at radius 3 is 2.86 bits per heavy atom. The van der Waals surface area contributed by atoms with Crippen molar-refractivity contribution in [2.45, 2.75) is 26.2 Å². The first-order valence-corrected chi connectivity index (χ1v) is 7.67. The number of hydrogen-bond acceptors (Lipinski definition) is 5. The van der Waals surface area contributed by atoms with Gasteiger partial charge in [0.05, 0.1) is 0 Å². The number of hydrogen-bond donors (Lipinski definition) is 1. The Labute approximate surface area is 125 Å². The van der Waals surface area contributed by atoms with E-state index in [4.69, 9.17) is 0 Å². The van der Waals surface area contributed by atoms with Gasteiger partial charge in [-0.3, -0.25) is 10.1 Å². The number of nitrogens with one attached hydrogen (secondary N) is 1. The van der Waals surface area contributed by atoms with Crippen LogP contribution in [0.25, 0.3) is 4.96 Å². The fourth-order valence-electron chi connectivity index (χ4n) is 1.96. The number of aryl methyl sites for hydroxylation is 1. The van der Waals surface area contributed by atoms with Crippen LogP contribution in [0, 0.1) is 0 Å². The summed E-state index contributed by atoms with van der Waals surface area (Å²) in [4.78, 5) is 12.8. The van der Waals surface area contributed by atoms with E-state index in [2.05, 4.69) is 27.5 Å². The van der Waals surface area contributed by atoms with Gasteiger partial charge in [-0.1, -0.05) is 42.9 Å². The molecule has 1 N–H and O–H groups in total. The molecule has 0 spiro atoms. The number of nitrogens with zero attached hydrogens (tertiary/aromatic N) is 4. The van der Waals surface area contributed by atoms with Crippen molar-refractivity contribution in [3.8, 4) is 0 Å². The van der Waals surface area contributed by atoms with Crippen molar-refractivity contribution in [2.75, 3.05) is 5.32 Å². The average Bonchev–Trinajstić information content (AvgIpc) is 3.06. The van der Waals surface area contributed by atoms with Crippen LogP contribution in [0.15, 0.2) is 30.3 Å². The normalized spacial score (nSPS) is 10.9. The maximum atomic E-state index is 12.1. The molecule has 1 aromatic carbocycles. The zero-order valence-corrected chi connectivity index (χ0v) is 12.4. The highest BCUT2D eigenvalue weighted by molar-refractivity contribution is 7.20. The molecule has 7 heteroatoms. The second-order valence-corrected chi connectivity index (χ2v) is 5.60. The summed E-state index contributed by atoms with van der Waals surface area (Å²) in [5, 5.41) is 15.9. The molecule has 2 aromatic heterocycles. The van der Waals surface area contributed by atoms with Gasteiger partial charge in [0.25, 0.3) is 5.91 Å². The number of benzene rings is 1. The molecule has 0 radical (unpaired) electrons. The standard InChI is InChI=1S/C14H15N5OS/c1-2-3-9-11-16-17-14-19(11)18-13(21-14)15-12(20)10-7-5-4-6-8-10/h4-8H,2-3,9H2,1H3,(H,15,18,20). The molecule has 108 valence electrons. The lowest BCUT2D eigenvalue weighted by Crippen LogP contribution is -2.11. The summed E-state index contributed by atoms with van der Waals surface area (Å²) in [6.07, 6.45) is 2.98. The quantitative estimate of drug-likeness (QED) is 0.786. The molecule has 0 saturated carbocycles. The van der Waals surface area contributed by atoms with E-state index in [-0.39, 0.29) is 5.91 Å². The summed E-state index contributed by atoms with van der Waals surface area (Å²) < 4.78 is 1.71. The number of fused-ring (bicyclic) bond motifs is 1. The van der Waals surface area contributed by atoms with Crippen LogP contribution in [0.4, 0.5) is 5.13 Å². The molecule has 0 fully saturated rings. The minimum Gasteiger partial charge on any atom is -0.296 e. The fraction of sp³-hybridized carbons (Fsp3) is 0.286. The van der Waals surface area contributed by atoms with E-state index in [1.54, 1.807) is 16.6 Å². The molecule has 0 aliphatic rings. The molecule has 0 atom stereocenters. The molecule has 3 rings (SSSR count). The van der Waals surface area contributed by atoms with Crippen molar-refractivity contribution in [3.05, 3.63) is 41.7 Å². The monoisotopic (exact) mass is 301 g/mol. The number of aromatic nitrogens is 4. The second kappa shape index (κ2) is 6.01. The lowest BCUT2D eigenvalue weighted by atomic mass is 10.2. The fourth-order valence-corrected chi connectivity index (χ4v) is 2.71. The summed E-state index contributed by atoms with van der Waals surface area (Å²) in [5.41, 5.74) is 0.606. The average molecular weight is 301 g/mol. The largest absolute Gasteiger partial charge is 0.296 e. The van der Waals surface area contributed by atoms with Crippen molar-refractivity contribution >= 4 is 27.3 Å². The van der Waals surface area contributed by atoms with Gasteiger partial charge >= 0.3 is 0 Å². The summed E-state index contributed by atoms with van der Waals surface area (Å²) in [6, 6.07) is 9.07. The van der Waals surface area contributed by atoms with Crippen molar-refractivity contribution < 1.29 is 4.79 Å². The smallest absolute Gasteiger partial charge is 0.257 e. The Balaban J connectivity index is 1.78. The highest BCUT2D eigenvalue weighted by Gasteiger charge is 2.13. The first-order valence-electron chi connectivity index (χ1n) is 6.85. The van der Waals surface area contributed by atoms with E-state index in [0.717, 1.165) is 25.1 Å². The van der Waals surface area contributed by atoms with E-state index in [1.807, 2.05) is 18.2 Å². The third kappa shape index (κ3) is 2.92. The van der Waals surface area contributed by atoms with E-state index in [1.165, 1.54) is 11.3 Å². The number of carbonyl (C=O) groups is 1. The van der Waals surface area contributed by atoms with Crippen LogP contribution in [0.5, 0.6) is 0 Å². The molecule has 0 aliphatic heterocycles. The second-order valence-electron chi connectivity index (χ2n) is 4.64. The molecular formula is C14H15N5OS. The molecule has 21 heavy (non-hydrogen) atoms. The van der Waals surface area contributed by atoms with Crippen LogP contribution in [0.2, 0.25) is 0 Å². The van der Waals surface area contributed by atoms with Crippen LogP contribution < -0.4 is 5.32 Å². The van der Waals surface area contributed by atoms with Gasteiger partial charge in [-0.05, 0) is 18.6 Å². The van der Waals surface area contributed by atoms with E-state index < -0.39 is 0 Å². The van der Waals surface area contributed by atoms with Gasteiger partial charge in [0.15, 0.2) is 5.82 Å². The minimum absolute atomic E-state index is 0.171. The molecule has 0 unspecified atom stereocenters. The van der Waals surface area contributed by atoms with Gasteiger partial charge in [-0.25, -0.2) is 0 Å². The highest BCUT2D eigenvalue weighted by Crippen LogP contribution is 2.20. The molecule has 0 aliphatic carbocycles. The SMILES string of the molecule is CCCCc1nnc2sc(NC(=O)c3ccccc3)nn12. The van der Waals surface area contributed by atoms with Gasteiger partial charge in [0, 0.05) is 12.0 Å². The number of rotatable bonds is 5. The van der Waals surface area contributed by atoms with Crippen LogP contribution in [-0.4, -0.2) is 25.7 Å². The first kappa shape index (κ1) is 13.7. The minimum atomic E-state index is -0.171. The van der Waals surface area contributed by atoms with Crippen LogP contribution in [0.3, 0.4) is 0 Å². The van der Waals surface area contributed by atoms with Gasteiger partial charge in [0.1, 0.15) is 0 Å².